The number of hydrazone groups is 1. The van der Waals surface area contributed by atoms with E-state index in [4.69, 9.17) is 0 Å². The summed E-state index contributed by atoms with van der Waals surface area (Å²) < 4.78 is 66.3. The lowest BCUT2D eigenvalue weighted by Gasteiger charge is -2.18. The van der Waals surface area contributed by atoms with Gasteiger partial charge in [0.25, 0.3) is 5.91 Å². The highest BCUT2D eigenvalue weighted by Crippen LogP contribution is 2.23. The van der Waals surface area contributed by atoms with E-state index < -0.39 is 53.7 Å². The number of hydrogen-bond acceptors (Lipinski definition) is 12. The van der Waals surface area contributed by atoms with Crippen molar-refractivity contribution in [1.29, 1.82) is 0 Å². The minimum absolute atomic E-state index is 0.0279. The van der Waals surface area contributed by atoms with Gasteiger partial charge in [0.05, 0.1) is 27.1 Å². The summed E-state index contributed by atoms with van der Waals surface area (Å²) in [6, 6.07) is 7.03. The summed E-state index contributed by atoms with van der Waals surface area (Å²) >= 11 is 0. The molecule has 0 spiro atoms. The molecule has 0 saturated carbocycles. The lowest BCUT2D eigenvalue weighted by atomic mass is 10.2. The van der Waals surface area contributed by atoms with Gasteiger partial charge in [-0.05, 0) is 42.5 Å². The minimum atomic E-state index is -4.74. The molecule has 1 heterocycles. The summed E-state index contributed by atoms with van der Waals surface area (Å²) in [4.78, 5) is 22.9. The van der Waals surface area contributed by atoms with Gasteiger partial charge >= 0.3 is 0 Å². The van der Waals surface area contributed by atoms with E-state index >= 15 is 0 Å². The average Bonchev–Trinajstić information content (AvgIpc) is 3.02. The van der Waals surface area contributed by atoms with Crippen LogP contribution in [0.15, 0.2) is 63.4 Å². The van der Waals surface area contributed by atoms with E-state index in [-0.39, 0.29) is 11.4 Å². The molecule has 0 aromatic heterocycles. The van der Waals surface area contributed by atoms with Crippen molar-refractivity contribution in [3.63, 3.8) is 0 Å². The van der Waals surface area contributed by atoms with Crippen LogP contribution in [0.25, 0.3) is 0 Å². The van der Waals surface area contributed by atoms with Gasteiger partial charge in [-0.1, -0.05) is 6.07 Å². The number of benzene rings is 2. The summed E-state index contributed by atoms with van der Waals surface area (Å²) in [5.41, 5.74) is 4.05. The van der Waals surface area contributed by atoms with Crippen molar-refractivity contribution in [3.8, 4) is 0 Å². The van der Waals surface area contributed by atoms with Crippen LogP contribution in [0.1, 0.15) is 0 Å². The Morgan fingerprint density at radius 2 is 1.58 bits per heavy atom. The summed E-state index contributed by atoms with van der Waals surface area (Å²) in [7, 11) is -9.47. The number of nitrogens with zero attached hydrogens (tertiary/aromatic N) is 2. The maximum Gasteiger partial charge on any atom is 0.272 e. The standard InChI is InChI=1S/C16H14N4O9S2/c21-15-13(18-17-9-2-1-3-12(8-9)31(27,28)29)14(16(22)23)19-20(15)10-4-6-11(7-5-10)30(24,25)26/h1-8,13,17-18H,(H,22,23)(H,24,25,26)(H,27,28,29)/p-3. The number of carboxylic acid groups (broad SMARTS) is 1. The molecule has 1 aliphatic heterocycles. The van der Waals surface area contributed by atoms with Crippen LogP contribution in [0.5, 0.6) is 0 Å². The van der Waals surface area contributed by atoms with Crippen molar-refractivity contribution in [1.82, 2.24) is 5.43 Å². The predicted molar refractivity (Wildman–Crippen MR) is 99.3 cm³/mol. The number of amides is 1. The highest BCUT2D eigenvalue weighted by molar-refractivity contribution is 7.86. The van der Waals surface area contributed by atoms with Gasteiger partial charge in [0.15, 0.2) is 6.04 Å². The lowest BCUT2D eigenvalue weighted by Crippen LogP contribution is -2.51. The first kappa shape index (κ1) is 22.3. The summed E-state index contributed by atoms with van der Waals surface area (Å²) in [5, 5.41) is 15.7. The van der Waals surface area contributed by atoms with Gasteiger partial charge in [-0.25, -0.2) is 22.3 Å². The largest absolute Gasteiger partial charge is 0.744 e. The topological polar surface area (TPSA) is 211 Å². The van der Waals surface area contributed by atoms with E-state index in [9.17, 15) is 40.6 Å². The van der Waals surface area contributed by atoms with E-state index in [2.05, 4.69) is 16.0 Å². The van der Waals surface area contributed by atoms with Crippen molar-refractivity contribution in [3.05, 3.63) is 48.5 Å². The van der Waals surface area contributed by atoms with E-state index in [1.54, 1.807) is 0 Å². The van der Waals surface area contributed by atoms with Crippen LogP contribution in [0.3, 0.4) is 0 Å². The third-order valence-electron chi connectivity index (χ3n) is 4.00. The molecule has 15 heteroatoms. The Morgan fingerprint density at radius 1 is 0.968 bits per heavy atom. The molecule has 13 nitrogen and oxygen atoms in total. The summed E-state index contributed by atoms with van der Waals surface area (Å²) in [5.74, 6) is -2.69. The third-order valence-corrected chi connectivity index (χ3v) is 5.68. The van der Waals surface area contributed by atoms with E-state index in [1.165, 1.54) is 12.1 Å². The molecule has 2 aromatic rings. The Bertz CT molecular complexity index is 1290. The second-order valence-electron chi connectivity index (χ2n) is 6.06. The molecule has 0 aliphatic carbocycles. The first-order valence-corrected chi connectivity index (χ1v) is 11.0. The fourth-order valence-electron chi connectivity index (χ4n) is 2.57. The monoisotopic (exact) mass is 467 g/mol. The molecule has 2 aromatic carbocycles. The number of carbonyl (C=O) groups is 2. The average molecular weight is 467 g/mol. The lowest BCUT2D eigenvalue weighted by molar-refractivity contribution is -0.294. The molecule has 0 fully saturated rings. The summed E-state index contributed by atoms with van der Waals surface area (Å²) in [6.07, 6.45) is 0. The number of hydrogen-bond donors (Lipinski definition) is 2. The zero-order chi connectivity index (χ0) is 23.0. The van der Waals surface area contributed by atoms with Gasteiger partial charge in [0, 0.05) is 0 Å². The second-order valence-corrected chi connectivity index (χ2v) is 8.81. The highest BCUT2D eigenvalue weighted by Gasteiger charge is 2.37. The van der Waals surface area contributed by atoms with Crippen molar-refractivity contribution in [2.24, 2.45) is 5.10 Å². The smallest absolute Gasteiger partial charge is 0.272 e. The number of carbonyl (C=O) groups excluding carboxylic acids is 2. The Hall–Kier alpha value is -3.37. The van der Waals surface area contributed by atoms with Crippen LogP contribution in [-0.4, -0.2) is 49.6 Å². The minimum Gasteiger partial charge on any atom is -0.744 e. The van der Waals surface area contributed by atoms with Gasteiger partial charge in [-0.15, -0.1) is 0 Å². The maximum atomic E-state index is 12.6. The van der Waals surface area contributed by atoms with Crippen molar-refractivity contribution < 1.29 is 40.6 Å². The molecule has 0 bridgehead atoms. The first-order valence-electron chi connectivity index (χ1n) is 8.15. The fraction of sp³-hybridized carbons (Fsp3) is 0.0625. The van der Waals surface area contributed by atoms with Crippen LogP contribution in [0.4, 0.5) is 11.4 Å². The number of aliphatic carboxylic acids is 1. The molecule has 1 aliphatic rings. The molecule has 1 atom stereocenters. The van der Waals surface area contributed by atoms with E-state index in [0.717, 1.165) is 36.4 Å². The zero-order valence-electron chi connectivity index (χ0n) is 15.1. The van der Waals surface area contributed by atoms with Crippen molar-refractivity contribution in [2.75, 3.05) is 10.4 Å². The van der Waals surface area contributed by atoms with Gasteiger partial charge in [0.2, 0.25) is 0 Å². The summed E-state index contributed by atoms with van der Waals surface area (Å²) in [6.45, 7) is 0. The van der Waals surface area contributed by atoms with Crippen LogP contribution in [-0.2, 0) is 29.8 Å². The van der Waals surface area contributed by atoms with E-state index in [0.29, 0.717) is 5.01 Å². The molecule has 1 amide bonds. The maximum absolute atomic E-state index is 12.6. The van der Waals surface area contributed by atoms with Crippen LogP contribution < -0.4 is 21.0 Å². The van der Waals surface area contributed by atoms with Gasteiger partial charge in [-0.3, -0.25) is 4.79 Å². The van der Waals surface area contributed by atoms with E-state index in [1.807, 2.05) is 0 Å². The van der Waals surface area contributed by atoms with Gasteiger partial charge < -0.3 is 24.4 Å². The molecular weight excluding hydrogens is 456 g/mol. The highest BCUT2D eigenvalue weighted by atomic mass is 32.2. The molecule has 3 rings (SSSR count). The number of carboxylic acids is 1. The SMILES string of the molecule is O=C([O-])C1=NN(c2ccc(S(=O)(=O)[O-])cc2)C(=O)C1NNc1cccc(S(=O)(=O)[O-])c1. The molecule has 0 radical (unpaired) electrons. The van der Waals surface area contributed by atoms with Crippen LogP contribution >= 0.6 is 0 Å². The van der Waals surface area contributed by atoms with Crippen molar-refractivity contribution in [2.45, 2.75) is 15.8 Å². The molecule has 1 unspecified atom stereocenters. The van der Waals surface area contributed by atoms with Crippen LogP contribution in [0, 0.1) is 0 Å². The molecular formula is C16H11N4O9S2-3. The normalized spacial score (nSPS) is 16.8. The number of rotatable bonds is 7. The Balaban J connectivity index is 1.83. The first-order chi connectivity index (χ1) is 14.4. The Morgan fingerprint density at radius 3 is 2.13 bits per heavy atom. The van der Waals surface area contributed by atoms with Crippen molar-refractivity contribution >= 4 is 49.2 Å². The molecule has 31 heavy (non-hydrogen) atoms. The quantitative estimate of drug-likeness (QED) is 0.333. The predicted octanol–water partition coefficient (Wildman–Crippen LogP) is -2.07. The Labute approximate surface area is 175 Å². The molecule has 0 saturated heterocycles. The number of anilines is 2. The molecule has 164 valence electrons. The van der Waals surface area contributed by atoms with Crippen LogP contribution in [0.2, 0.25) is 0 Å². The number of nitrogens with one attached hydrogen (secondary N) is 2. The second kappa shape index (κ2) is 8.05. The number of hydrazine groups is 1. The van der Waals surface area contributed by atoms with Gasteiger partial charge in [-0.2, -0.15) is 10.1 Å². The van der Waals surface area contributed by atoms with Gasteiger partial charge in [0.1, 0.15) is 25.9 Å². The Kier molecular flexibility index (Phi) is 5.79. The fourth-order valence-corrected chi connectivity index (χ4v) is 3.55. The molecule has 2 N–H and O–H groups in total. The third kappa shape index (κ3) is 4.86. The zero-order valence-corrected chi connectivity index (χ0v) is 16.7.